The van der Waals surface area contributed by atoms with Crippen molar-refractivity contribution < 1.29 is 0 Å². The molecule has 0 amide bonds. The SMILES string of the molecule is CCC1CCCCCCC(C)CCCCC1. The molecule has 1 fully saturated rings. The molecule has 0 spiro atoms. The molecule has 0 aromatic heterocycles. The summed E-state index contributed by atoms with van der Waals surface area (Å²) in [6, 6.07) is 0. The van der Waals surface area contributed by atoms with Gasteiger partial charge >= 0.3 is 0 Å². The zero-order valence-corrected chi connectivity index (χ0v) is 11.6. The summed E-state index contributed by atoms with van der Waals surface area (Å²) < 4.78 is 0. The second-order valence-electron chi connectivity index (χ2n) is 6.01. The molecule has 16 heavy (non-hydrogen) atoms. The average molecular weight is 224 g/mol. The second kappa shape index (κ2) is 9.07. The van der Waals surface area contributed by atoms with Crippen LogP contribution in [0.1, 0.15) is 90.9 Å². The van der Waals surface area contributed by atoms with Crippen molar-refractivity contribution in [2.45, 2.75) is 90.9 Å². The molecule has 0 aromatic rings. The first kappa shape index (κ1) is 14.1. The van der Waals surface area contributed by atoms with E-state index in [4.69, 9.17) is 0 Å². The Morgan fingerprint density at radius 2 is 1.12 bits per heavy atom. The summed E-state index contributed by atoms with van der Waals surface area (Å²) in [4.78, 5) is 0. The summed E-state index contributed by atoms with van der Waals surface area (Å²) in [5.74, 6) is 2.03. The minimum Gasteiger partial charge on any atom is -0.0651 e. The maximum atomic E-state index is 2.45. The third kappa shape index (κ3) is 6.55. The van der Waals surface area contributed by atoms with Gasteiger partial charge in [-0.15, -0.1) is 0 Å². The van der Waals surface area contributed by atoms with Crippen LogP contribution in [0, 0.1) is 11.8 Å². The van der Waals surface area contributed by atoms with E-state index in [0.29, 0.717) is 0 Å². The zero-order valence-electron chi connectivity index (χ0n) is 11.6. The van der Waals surface area contributed by atoms with Crippen molar-refractivity contribution in [1.29, 1.82) is 0 Å². The summed E-state index contributed by atoms with van der Waals surface area (Å²) >= 11 is 0. The predicted molar refractivity (Wildman–Crippen MR) is 73.7 cm³/mol. The Morgan fingerprint density at radius 1 is 0.688 bits per heavy atom. The van der Waals surface area contributed by atoms with Crippen LogP contribution in [0.15, 0.2) is 0 Å². The minimum absolute atomic E-state index is 0.989. The van der Waals surface area contributed by atoms with Gasteiger partial charge in [-0.3, -0.25) is 0 Å². The Hall–Kier alpha value is 0. The lowest BCUT2D eigenvalue weighted by Crippen LogP contribution is -1.99. The van der Waals surface area contributed by atoms with E-state index in [1.165, 1.54) is 77.0 Å². The lowest BCUT2D eigenvalue weighted by atomic mass is 9.92. The summed E-state index contributed by atoms with van der Waals surface area (Å²) in [7, 11) is 0. The van der Waals surface area contributed by atoms with Crippen molar-refractivity contribution in [2.75, 3.05) is 0 Å². The van der Waals surface area contributed by atoms with Crippen LogP contribution >= 0.6 is 0 Å². The first-order valence-electron chi connectivity index (χ1n) is 7.83. The van der Waals surface area contributed by atoms with E-state index in [1.54, 1.807) is 0 Å². The average Bonchev–Trinajstić information content (AvgIpc) is 2.31. The van der Waals surface area contributed by atoms with Crippen LogP contribution in [0.2, 0.25) is 0 Å². The van der Waals surface area contributed by atoms with Crippen LogP contribution < -0.4 is 0 Å². The molecule has 0 heteroatoms. The lowest BCUT2D eigenvalue weighted by Gasteiger charge is -2.14. The summed E-state index contributed by atoms with van der Waals surface area (Å²) in [5, 5.41) is 0. The largest absolute Gasteiger partial charge is 0.0651 e. The summed E-state index contributed by atoms with van der Waals surface area (Å²) in [5.41, 5.74) is 0. The molecular formula is C16H32. The molecule has 0 aliphatic heterocycles. The maximum absolute atomic E-state index is 2.45. The Balaban J connectivity index is 2.25. The normalized spacial score (nSPS) is 31.1. The summed E-state index contributed by atoms with van der Waals surface area (Å²) in [6.45, 7) is 4.83. The lowest BCUT2D eigenvalue weighted by molar-refractivity contribution is 0.396. The predicted octanol–water partition coefficient (Wildman–Crippen LogP) is 5.95. The Bertz CT molecular complexity index is 150. The maximum Gasteiger partial charge on any atom is -0.0417 e. The van der Waals surface area contributed by atoms with E-state index >= 15 is 0 Å². The van der Waals surface area contributed by atoms with Gasteiger partial charge in [0.05, 0.1) is 0 Å². The van der Waals surface area contributed by atoms with Gasteiger partial charge in [-0.05, 0) is 11.8 Å². The van der Waals surface area contributed by atoms with Crippen LogP contribution in [-0.4, -0.2) is 0 Å². The molecule has 0 aromatic carbocycles. The van der Waals surface area contributed by atoms with Gasteiger partial charge in [-0.1, -0.05) is 90.9 Å². The van der Waals surface area contributed by atoms with Crippen LogP contribution in [0.5, 0.6) is 0 Å². The molecule has 0 radical (unpaired) electrons. The fraction of sp³-hybridized carbons (Fsp3) is 1.00. The molecular weight excluding hydrogens is 192 g/mol. The smallest absolute Gasteiger partial charge is 0.0417 e. The van der Waals surface area contributed by atoms with Crippen molar-refractivity contribution in [3.8, 4) is 0 Å². The topological polar surface area (TPSA) is 0 Å². The van der Waals surface area contributed by atoms with Gasteiger partial charge in [0.15, 0.2) is 0 Å². The second-order valence-corrected chi connectivity index (χ2v) is 6.01. The molecule has 0 heterocycles. The standard InChI is InChI=1S/C16H32/c1-3-16-13-9-5-4-7-11-15(2)12-8-6-10-14-16/h15-16H,3-14H2,1-2H3. The Kier molecular flexibility index (Phi) is 7.98. The highest BCUT2D eigenvalue weighted by Gasteiger charge is 2.08. The zero-order chi connectivity index (χ0) is 11.6. The van der Waals surface area contributed by atoms with Crippen molar-refractivity contribution in [3.63, 3.8) is 0 Å². The monoisotopic (exact) mass is 224 g/mol. The number of rotatable bonds is 1. The van der Waals surface area contributed by atoms with E-state index in [-0.39, 0.29) is 0 Å². The molecule has 2 unspecified atom stereocenters. The molecule has 1 saturated carbocycles. The highest BCUT2D eigenvalue weighted by molar-refractivity contribution is 4.61. The van der Waals surface area contributed by atoms with Gasteiger partial charge in [0.1, 0.15) is 0 Å². The van der Waals surface area contributed by atoms with Crippen molar-refractivity contribution in [3.05, 3.63) is 0 Å². The van der Waals surface area contributed by atoms with E-state index < -0.39 is 0 Å². The van der Waals surface area contributed by atoms with Gasteiger partial charge in [0.2, 0.25) is 0 Å². The molecule has 0 bridgehead atoms. The molecule has 1 aliphatic rings. The van der Waals surface area contributed by atoms with Crippen molar-refractivity contribution in [1.82, 2.24) is 0 Å². The van der Waals surface area contributed by atoms with Crippen LogP contribution in [-0.2, 0) is 0 Å². The third-order valence-corrected chi connectivity index (χ3v) is 4.45. The van der Waals surface area contributed by atoms with Crippen molar-refractivity contribution in [2.24, 2.45) is 11.8 Å². The van der Waals surface area contributed by atoms with Crippen LogP contribution in [0.25, 0.3) is 0 Å². The van der Waals surface area contributed by atoms with Crippen molar-refractivity contribution >= 4 is 0 Å². The summed E-state index contributed by atoms with van der Waals surface area (Å²) in [6.07, 6.45) is 17.8. The first-order chi connectivity index (χ1) is 7.83. The fourth-order valence-electron chi connectivity index (χ4n) is 3.08. The van der Waals surface area contributed by atoms with Gasteiger partial charge in [-0.25, -0.2) is 0 Å². The third-order valence-electron chi connectivity index (χ3n) is 4.45. The van der Waals surface area contributed by atoms with E-state index in [9.17, 15) is 0 Å². The van der Waals surface area contributed by atoms with Gasteiger partial charge in [0, 0.05) is 0 Å². The Labute approximate surface area is 103 Å². The number of hydrogen-bond acceptors (Lipinski definition) is 0. The van der Waals surface area contributed by atoms with Crippen LogP contribution in [0.4, 0.5) is 0 Å². The molecule has 0 saturated heterocycles. The quantitative estimate of drug-likeness (QED) is 0.516. The number of hydrogen-bond donors (Lipinski definition) is 0. The van der Waals surface area contributed by atoms with E-state index in [0.717, 1.165) is 11.8 Å². The molecule has 1 rings (SSSR count). The molecule has 0 N–H and O–H groups in total. The Morgan fingerprint density at radius 3 is 1.62 bits per heavy atom. The van der Waals surface area contributed by atoms with E-state index in [1.807, 2.05) is 0 Å². The first-order valence-corrected chi connectivity index (χ1v) is 7.83. The fourth-order valence-corrected chi connectivity index (χ4v) is 3.08. The molecule has 96 valence electrons. The molecule has 0 nitrogen and oxygen atoms in total. The molecule has 1 aliphatic carbocycles. The van der Waals surface area contributed by atoms with E-state index in [2.05, 4.69) is 13.8 Å². The minimum atomic E-state index is 0.989. The highest BCUT2D eigenvalue weighted by Crippen LogP contribution is 2.24. The van der Waals surface area contributed by atoms with Gasteiger partial charge < -0.3 is 0 Å². The molecule has 2 atom stereocenters. The van der Waals surface area contributed by atoms with Gasteiger partial charge in [0.25, 0.3) is 0 Å². The highest BCUT2D eigenvalue weighted by atomic mass is 14.1. The van der Waals surface area contributed by atoms with Gasteiger partial charge in [-0.2, -0.15) is 0 Å². The van der Waals surface area contributed by atoms with Crippen LogP contribution in [0.3, 0.4) is 0 Å².